The van der Waals surface area contributed by atoms with Crippen molar-refractivity contribution in [1.29, 1.82) is 0 Å². The summed E-state index contributed by atoms with van der Waals surface area (Å²) >= 11 is 0. The second kappa shape index (κ2) is 5.25. The van der Waals surface area contributed by atoms with Crippen LogP contribution >= 0.6 is 0 Å². The van der Waals surface area contributed by atoms with E-state index in [0.717, 1.165) is 16.3 Å². The maximum Gasteiger partial charge on any atom is 0.223 e. The Morgan fingerprint density at radius 1 is 1.10 bits per heavy atom. The second-order valence-electron chi connectivity index (χ2n) is 4.48. The van der Waals surface area contributed by atoms with Crippen LogP contribution in [0.15, 0.2) is 48.7 Å². The highest BCUT2D eigenvalue weighted by atomic mass is 19.1. The minimum atomic E-state index is -0.415. The molecule has 0 radical (unpaired) electrons. The minimum Gasteiger partial charge on any atom is -0.354 e. The summed E-state index contributed by atoms with van der Waals surface area (Å²) in [7, 11) is 0. The summed E-state index contributed by atoms with van der Waals surface area (Å²) in [6.07, 6.45) is 1.20. The number of anilines is 1. The summed E-state index contributed by atoms with van der Waals surface area (Å²) in [6, 6.07) is 13.8. The number of nitrogens with one attached hydrogen (secondary N) is 1. The number of nitrogens with zero attached hydrogens (tertiary/aromatic N) is 2. The predicted octanol–water partition coefficient (Wildman–Crippen LogP) is 3.87. The fourth-order valence-electron chi connectivity index (χ4n) is 2.15. The van der Waals surface area contributed by atoms with Gasteiger partial charge in [-0.05, 0) is 23.8 Å². The number of hydrogen-bond acceptors (Lipinski definition) is 3. The van der Waals surface area contributed by atoms with Gasteiger partial charge in [-0.3, -0.25) is 0 Å². The van der Waals surface area contributed by atoms with Crippen LogP contribution in [0.2, 0.25) is 0 Å². The van der Waals surface area contributed by atoms with Crippen molar-refractivity contribution in [3.8, 4) is 11.3 Å². The standard InChI is InChI=1S/C16H14FN3/c1-2-18-16-19-10-14(17)15(20-16)13-8-7-11-5-3-4-6-12(11)9-13/h3-10H,2H2,1H3,(H,18,19,20). The predicted molar refractivity (Wildman–Crippen MR) is 79.1 cm³/mol. The minimum absolute atomic E-state index is 0.321. The number of aromatic nitrogens is 2. The van der Waals surface area contributed by atoms with E-state index >= 15 is 0 Å². The van der Waals surface area contributed by atoms with Crippen LogP contribution in [0.1, 0.15) is 6.92 Å². The molecule has 1 heterocycles. The quantitative estimate of drug-likeness (QED) is 0.782. The molecule has 0 aliphatic carbocycles. The van der Waals surface area contributed by atoms with E-state index in [1.54, 1.807) is 0 Å². The highest BCUT2D eigenvalue weighted by Crippen LogP contribution is 2.25. The molecule has 0 aliphatic heterocycles. The van der Waals surface area contributed by atoms with Crippen molar-refractivity contribution in [2.75, 3.05) is 11.9 Å². The molecule has 0 saturated carbocycles. The van der Waals surface area contributed by atoms with Gasteiger partial charge in [-0.1, -0.05) is 36.4 Å². The number of hydrogen-bond donors (Lipinski definition) is 1. The van der Waals surface area contributed by atoms with Crippen molar-refractivity contribution in [3.63, 3.8) is 0 Å². The molecule has 0 saturated heterocycles. The SMILES string of the molecule is CCNc1ncc(F)c(-c2ccc3ccccc3c2)n1. The molecule has 0 amide bonds. The topological polar surface area (TPSA) is 37.8 Å². The first-order valence-electron chi connectivity index (χ1n) is 6.53. The lowest BCUT2D eigenvalue weighted by Crippen LogP contribution is -2.04. The van der Waals surface area contributed by atoms with Gasteiger partial charge in [0, 0.05) is 12.1 Å². The number of fused-ring (bicyclic) bond motifs is 1. The molecule has 20 heavy (non-hydrogen) atoms. The smallest absolute Gasteiger partial charge is 0.223 e. The Balaban J connectivity index is 2.12. The summed E-state index contributed by atoms with van der Waals surface area (Å²) in [6.45, 7) is 2.64. The molecule has 3 aromatic rings. The van der Waals surface area contributed by atoms with E-state index in [1.165, 1.54) is 6.20 Å². The molecule has 0 atom stereocenters. The Morgan fingerprint density at radius 2 is 1.90 bits per heavy atom. The van der Waals surface area contributed by atoms with E-state index in [1.807, 2.05) is 49.4 Å². The number of halogens is 1. The molecular formula is C16H14FN3. The van der Waals surface area contributed by atoms with Gasteiger partial charge in [-0.15, -0.1) is 0 Å². The average Bonchev–Trinajstić information content (AvgIpc) is 2.49. The van der Waals surface area contributed by atoms with Crippen molar-refractivity contribution < 1.29 is 4.39 Å². The third kappa shape index (κ3) is 2.32. The van der Waals surface area contributed by atoms with Crippen LogP contribution < -0.4 is 5.32 Å². The zero-order valence-electron chi connectivity index (χ0n) is 11.1. The normalized spacial score (nSPS) is 10.7. The van der Waals surface area contributed by atoms with Crippen LogP contribution in [-0.4, -0.2) is 16.5 Å². The van der Waals surface area contributed by atoms with Crippen molar-refractivity contribution in [2.24, 2.45) is 0 Å². The molecule has 100 valence electrons. The molecule has 0 bridgehead atoms. The van der Waals surface area contributed by atoms with Crippen molar-refractivity contribution >= 4 is 16.7 Å². The Bertz CT molecular complexity index is 756. The van der Waals surface area contributed by atoms with Gasteiger partial charge in [0.25, 0.3) is 0 Å². The van der Waals surface area contributed by atoms with Crippen LogP contribution in [0.5, 0.6) is 0 Å². The highest BCUT2D eigenvalue weighted by Gasteiger charge is 2.09. The molecule has 0 spiro atoms. The van der Waals surface area contributed by atoms with Gasteiger partial charge >= 0.3 is 0 Å². The summed E-state index contributed by atoms with van der Waals surface area (Å²) in [5.74, 6) is 0.0268. The fraction of sp³-hybridized carbons (Fsp3) is 0.125. The zero-order valence-corrected chi connectivity index (χ0v) is 11.1. The molecule has 3 rings (SSSR count). The van der Waals surface area contributed by atoms with Gasteiger partial charge in [0.2, 0.25) is 5.95 Å². The van der Waals surface area contributed by atoms with Gasteiger partial charge in [-0.25, -0.2) is 14.4 Å². The van der Waals surface area contributed by atoms with Gasteiger partial charge < -0.3 is 5.32 Å². The van der Waals surface area contributed by atoms with Gasteiger partial charge in [0.1, 0.15) is 5.69 Å². The summed E-state index contributed by atoms with van der Waals surface area (Å²) in [4.78, 5) is 8.16. The third-order valence-electron chi connectivity index (χ3n) is 3.10. The molecular weight excluding hydrogens is 253 g/mol. The van der Waals surface area contributed by atoms with E-state index in [4.69, 9.17) is 0 Å². The van der Waals surface area contributed by atoms with E-state index in [0.29, 0.717) is 18.2 Å². The monoisotopic (exact) mass is 267 g/mol. The van der Waals surface area contributed by atoms with Crippen LogP contribution in [-0.2, 0) is 0 Å². The fourth-order valence-corrected chi connectivity index (χ4v) is 2.15. The Labute approximate surface area is 116 Å². The van der Waals surface area contributed by atoms with Gasteiger partial charge in [0.05, 0.1) is 6.20 Å². The Kier molecular flexibility index (Phi) is 3.29. The molecule has 3 nitrogen and oxygen atoms in total. The lowest BCUT2D eigenvalue weighted by Gasteiger charge is -2.07. The van der Waals surface area contributed by atoms with Crippen LogP contribution in [0.25, 0.3) is 22.0 Å². The first kappa shape index (κ1) is 12.5. The van der Waals surface area contributed by atoms with Crippen LogP contribution in [0, 0.1) is 5.82 Å². The molecule has 0 aliphatic rings. The van der Waals surface area contributed by atoms with E-state index in [9.17, 15) is 4.39 Å². The summed E-state index contributed by atoms with van der Waals surface area (Å²) in [5, 5.41) is 5.18. The molecule has 2 aromatic carbocycles. The van der Waals surface area contributed by atoms with Crippen molar-refractivity contribution in [2.45, 2.75) is 6.92 Å². The van der Waals surface area contributed by atoms with Crippen molar-refractivity contribution in [3.05, 3.63) is 54.5 Å². The first-order chi connectivity index (χ1) is 9.78. The maximum absolute atomic E-state index is 13.9. The third-order valence-corrected chi connectivity index (χ3v) is 3.10. The first-order valence-corrected chi connectivity index (χ1v) is 6.53. The summed E-state index contributed by atoms with van der Waals surface area (Å²) in [5.41, 5.74) is 1.07. The van der Waals surface area contributed by atoms with Gasteiger partial charge in [0.15, 0.2) is 5.82 Å². The average molecular weight is 267 g/mol. The van der Waals surface area contributed by atoms with E-state index < -0.39 is 5.82 Å². The van der Waals surface area contributed by atoms with Gasteiger partial charge in [-0.2, -0.15) is 0 Å². The van der Waals surface area contributed by atoms with Crippen molar-refractivity contribution in [1.82, 2.24) is 9.97 Å². The largest absolute Gasteiger partial charge is 0.354 e. The zero-order chi connectivity index (χ0) is 13.9. The molecule has 1 aromatic heterocycles. The molecule has 1 N–H and O–H groups in total. The molecule has 4 heteroatoms. The number of benzene rings is 2. The van der Waals surface area contributed by atoms with Crippen LogP contribution in [0.3, 0.4) is 0 Å². The Morgan fingerprint density at radius 3 is 2.70 bits per heavy atom. The van der Waals surface area contributed by atoms with E-state index in [-0.39, 0.29) is 0 Å². The maximum atomic E-state index is 13.9. The molecule has 0 unspecified atom stereocenters. The Hall–Kier alpha value is -2.49. The molecule has 0 fully saturated rings. The lowest BCUT2D eigenvalue weighted by molar-refractivity contribution is 0.618. The number of rotatable bonds is 3. The van der Waals surface area contributed by atoms with Crippen LogP contribution in [0.4, 0.5) is 10.3 Å². The van der Waals surface area contributed by atoms with E-state index in [2.05, 4.69) is 15.3 Å². The highest BCUT2D eigenvalue weighted by molar-refractivity contribution is 5.86. The summed E-state index contributed by atoms with van der Waals surface area (Å²) < 4.78 is 13.9. The lowest BCUT2D eigenvalue weighted by atomic mass is 10.0. The second-order valence-corrected chi connectivity index (χ2v) is 4.48.